The van der Waals surface area contributed by atoms with Crippen molar-refractivity contribution in [3.05, 3.63) is 40.3 Å². The van der Waals surface area contributed by atoms with Crippen LogP contribution in [0.5, 0.6) is 0 Å². The molecule has 0 bridgehead atoms. The van der Waals surface area contributed by atoms with Crippen molar-refractivity contribution < 1.29 is 0 Å². The van der Waals surface area contributed by atoms with Crippen LogP contribution in [0.15, 0.2) is 34.5 Å². The molecule has 1 aliphatic rings. The van der Waals surface area contributed by atoms with Gasteiger partial charge in [0.1, 0.15) is 0 Å². The number of nitrogens with one attached hydrogen (secondary N) is 1. The van der Waals surface area contributed by atoms with Crippen LogP contribution in [0, 0.1) is 6.92 Å². The molecule has 1 heterocycles. The number of aryl methyl sites for hydroxylation is 1. The number of thioether (sulfide) groups is 1. The van der Waals surface area contributed by atoms with Gasteiger partial charge in [-0.1, -0.05) is 25.0 Å². The molecule has 1 saturated carbocycles. The van der Waals surface area contributed by atoms with Gasteiger partial charge in [0.15, 0.2) is 0 Å². The van der Waals surface area contributed by atoms with Gasteiger partial charge in [-0.2, -0.15) is 0 Å². The van der Waals surface area contributed by atoms with Gasteiger partial charge < -0.3 is 5.32 Å². The smallest absolute Gasteiger partial charge is 0.0898 e. The van der Waals surface area contributed by atoms with Crippen LogP contribution < -0.4 is 5.32 Å². The van der Waals surface area contributed by atoms with E-state index >= 15 is 0 Å². The highest BCUT2D eigenvalue weighted by Gasteiger charge is 2.18. The summed E-state index contributed by atoms with van der Waals surface area (Å²) in [6.07, 6.45) is 5.50. The predicted octanol–water partition coefficient (Wildman–Crippen LogP) is 5.66. The Labute approximate surface area is 135 Å². The van der Waals surface area contributed by atoms with Gasteiger partial charge in [-0.25, -0.2) is 4.98 Å². The van der Waals surface area contributed by atoms with Crippen molar-refractivity contribution in [2.24, 2.45) is 0 Å². The molecule has 1 aromatic heterocycles. The average molecular weight is 319 g/mol. The summed E-state index contributed by atoms with van der Waals surface area (Å²) < 4.78 is 0. The number of hydrogen-bond donors (Lipinski definition) is 1. The van der Waals surface area contributed by atoms with Crippen LogP contribution >= 0.6 is 23.1 Å². The molecule has 0 amide bonds. The Kier molecular flexibility index (Phi) is 4.86. The lowest BCUT2D eigenvalue weighted by molar-refractivity contribution is 0.840. The molecule has 0 spiro atoms. The molecule has 0 saturated heterocycles. The highest BCUT2D eigenvalue weighted by molar-refractivity contribution is 8.00. The van der Waals surface area contributed by atoms with Crippen LogP contribution in [0.1, 0.15) is 49.4 Å². The number of benzene rings is 1. The monoisotopic (exact) mass is 318 g/mol. The molecule has 4 heteroatoms. The fraction of sp³-hybridized carbons (Fsp3) is 0.471. The molecule has 1 N–H and O–H groups in total. The summed E-state index contributed by atoms with van der Waals surface area (Å²) in [7, 11) is 0. The van der Waals surface area contributed by atoms with Crippen molar-refractivity contribution in [3.63, 3.8) is 0 Å². The highest BCUT2D eigenvalue weighted by Crippen LogP contribution is 2.38. The first-order valence-electron chi connectivity index (χ1n) is 7.66. The summed E-state index contributed by atoms with van der Waals surface area (Å²) in [5.41, 5.74) is 2.38. The second kappa shape index (κ2) is 6.84. The zero-order valence-corrected chi connectivity index (χ0v) is 14.3. The van der Waals surface area contributed by atoms with Gasteiger partial charge in [-0.15, -0.1) is 23.1 Å². The minimum absolute atomic E-state index is 0.250. The Morgan fingerprint density at radius 1 is 1.29 bits per heavy atom. The molecule has 1 aromatic carbocycles. The Balaban J connectivity index is 1.72. The number of thiazole rings is 1. The van der Waals surface area contributed by atoms with Crippen molar-refractivity contribution in [1.82, 2.24) is 4.98 Å². The summed E-state index contributed by atoms with van der Waals surface area (Å²) in [5, 5.41) is 7.72. The summed E-state index contributed by atoms with van der Waals surface area (Å²) in [6.45, 7) is 4.25. The lowest BCUT2D eigenvalue weighted by Gasteiger charge is -2.18. The van der Waals surface area contributed by atoms with E-state index in [0.717, 1.165) is 16.0 Å². The SMILES string of the molecule is Cc1nc(C(C)Nc2ccccc2SC2CCCC2)cs1. The third kappa shape index (κ3) is 3.80. The molecule has 1 aliphatic carbocycles. The molecule has 1 fully saturated rings. The van der Waals surface area contributed by atoms with Crippen LogP contribution in [0.4, 0.5) is 5.69 Å². The van der Waals surface area contributed by atoms with E-state index in [9.17, 15) is 0 Å². The van der Waals surface area contributed by atoms with Crippen molar-refractivity contribution in [2.75, 3.05) is 5.32 Å². The molecule has 3 rings (SSSR count). The molecule has 21 heavy (non-hydrogen) atoms. The van der Waals surface area contributed by atoms with E-state index in [0.29, 0.717) is 0 Å². The fourth-order valence-electron chi connectivity index (χ4n) is 2.76. The van der Waals surface area contributed by atoms with Gasteiger partial charge in [-0.3, -0.25) is 0 Å². The molecule has 2 aromatic rings. The first-order chi connectivity index (χ1) is 10.2. The summed E-state index contributed by atoms with van der Waals surface area (Å²) in [6, 6.07) is 8.93. The second-order valence-electron chi connectivity index (χ2n) is 5.68. The van der Waals surface area contributed by atoms with Crippen LogP contribution in [0.2, 0.25) is 0 Å². The summed E-state index contributed by atoms with van der Waals surface area (Å²) >= 11 is 3.76. The van der Waals surface area contributed by atoms with E-state index < -0.39 is 0 Å². The third-order valence-electron chi connectivity index (χ3n) is 3.94. The van der Waals surface area contributed by atoms with Gasteiger partial charge in [-0.05, 0) is 38.8 Å². The molecule has 112 valence electrons. The van der Waals surface area contributed by atoms with E-state index in [-0.39, 0.29) is 6.04 Å². The Hall–Kier alpha value is -1.000. The number of para-hydroxylation sites is 1. The Morgan fingerprint density at radius 2 is 2.05 bits per heavy atom. The number of nitrogens with zero attached hydrogens (tertiary/aromatic N) is 1. The van der Waals surface area contributed by atoms with Crippen LogP contribution in [-0.4, -0.2) is 10.2 Å². The minimum Gasteiger partial charge on any atom is -0.376 e. The number of anilines is 1. The first-order valence-corrected chi connectivity index (χ1v) is 9.42. The van der Waals surface area contributed by atoms with Gasteiger partial charge in [0.05, 0.1) is 16.7 Å². The quantitative estimate of drug-likeness (QED) is 0.770. The van der Waals surface area contributed by atoms with E-state index in [4.69, 9.17) is 0 Å². The van der Waals surface area contributed by atoms with Gasteiger partial charge in [0.2, 0.25) is 0 Å². The fourth-order valence-corrected chi connectivity index (χ4v) is 4.81. The average Bonchev–Trinajstić information content (AvgIpc) is 3.12. The molecule has 1 atom stereocenters. The maximum Gasteiger partial charge on any atom is 0.0898 e. The lowest BCUT2D eigenvalue weighted by atomic mass is 10.2. The number of hydrogen-bond acceptors (Lipinski definition) is 4. The van der Waals surface area contributed by atoms with E-state index in [2.05, 4.69) is 53.8 Å². The number of rotatable bonds is 5. The largest absolute Gasteiger partial charge is 0.376 e. The Bertz CT molecular complexity index is 588. The third-order valence-corrected chi connectivity index (χ3v) is 6.14. The van der Waals surface area contributed by atoms with E-state index in [1.165, 1.54) is 36.3 Å². The van der Waals surface area contributed by atoms with Crippen molar-refractivity contribution in [2.45, 2.75) is 55.7 Å². The van der Waals surface area contributed by atoms with Crippen molar-refractivity contribution >= 4 is 28.8 Å². The van der Waals surface area contributed by atoms with Crippen LogP contribution in [0.25, 0.3) is 0 Å². The lowest BCUT2D eigenvalue weighted by Crippen LogP contribution is -2.08. The summed E-state index contributed by atoms with van der Waals surface area (Å²) in [5.74, 6) is 0. The molecular weight excluding hydrogens is 296 g/mol. The maximum absolute atomic E-state index is 4.59. The topological polar surface area (TPSA) is 24.9 Å². The second-order valence-corrected chi connectivity index (χ2v) is 8.08. The standard InChI is InChI=1S/C17H22N2S2/c1-12(16-11-20-13(2)19-16)18-15-9-5-6-10-17(15)21-14-7-3-4-8-14/h5-6,9-12,14,18H,3-4,7-8H2,1-2H3. The molecule has 0 radical (unpaired) electrons. The maximum atomic E-state index is 4.59. The minimum atomic E-state index is 0.250. The van der Waals surface area contributed by atoms with Gasteiger partial charge in [0.25, 0.3) is 0 Å². The zero-order chi connectivity index (χ0) is 14.7. The van der Waals surface area contributed by atoms with Crippen LogP contribution in [0.3, 0.4) is 0 Å². The molecular formula is C17H22N2S2. The molecule has 2 nitrogen and oxygen atoms in total. The Morgan fingerprint density at radius 3 is 2.76 bits per heavy atom. The van der Waals surface area contributed by atoms with Gasteiger partial charge in [0, 0.05) is 21.2 Å². The van der Waals surface area contributed by atoms with E-state index in [1.807, 2.05) is 11.8 Å². The normalized spacial score (nSPS) is 17.0. The van der Waals surface area contributed by atoms with Gasteiger partial charge >= 0.3 is 0 Å². The number of aromatic nitrogens is 1. The van der Waals surface area contributed by atoms with Crippen LogP contribution in [-0.2, 0) is 0 Å². The molecule has 1 unspecified atom stereocenters. The van der Waals surface area contributed by atoms with Crippen molar-refractivity contribution in [3.8, 4) is 0 Å². The molecule has 0 aliphatic heterocycles. The summed E-state index contributed by atoms with van der Waals surface area (Å²) in [4.78, 5) is 5.97. The van der Waals surface area contributed by atoms with Crippen molar-refractivity contribution in [1.29, 1.82) is 0 Å². The first kappa shape index (κ1) is 14.9. The van der Waals surface area contributed by atoms with E-state index in [1.54, 1.807) is 11.3 Å². The zero-order valence-electron chi connectivity index (χ0n) is 12.6. The highest BCUT2D eigenvalue weighted by atomic mass is 32.2. The predicted molar refractivity (Wildman–Crippen MR) is 93.4 cm³/mol.